The average molecular weight is 205 g/mol. The van der Waals surface area contributed by atoms with Gasteiger partial charge in [0.15, 0.2) is 5.52 Å². The van der Waals surface area contributed by atoms with E-state index in [-0.39, 0.29) is 12.6 Å². The van der Waals surface area contributed by atoms with Crippen LogP contribution in [0.2, 0.25) is 0 Å². The maximum absolute atomic E-state index is 9.34. The number of pyridine rings is 1. The van der Waals surface area contributed by atoms with Crippen molar-refractivity contribution >= 4 is 5.52 Å². The number of hydrogen-bond acceptors (Lipinski definition) is 1. The molecule has 0 radical (unpaired) electrons. The maximum Gasteiger partial charge on any atom is 0.249 e. The molecule has 0 saturated carbocycles. The van der Waals surface area contributed by atoms with Gasteiger partial charge < -0.3 is 5.11 Å². The van der Waals surface area contributed by atoms with E-state index in [4.69, 9.17) is 0 Å². The molecule has 0 bridgehead atoms. The molecule has 0 aliphatic rings. The minimum absolute atomic E-state index is 0.157. The minimum atomic E-state index is 0.157. The maximum atomic E-state index is 9.34. The zero-order valence-corrected chi connectivity index (χ0v) is 9.17. The lowest BCUT2D eigenvalue weighted by molar-refractivity contribution is -0.729. The van der Waals surface area contributed by atoms with Crippen molar-refractivity contribution in [3.8, 4) is 0 Å². The quantitative estimate of drug-likeness (QED) is 0.754. The zero-order valence-electron chi connectivity index (χ0n) is 9.17. The van der Waals surface area contributed by atoms with E-state index in [9.17, 15) is 5.11 Å². The van der Waals surface area contributed by atoms with E-state index in [1.807, 2.05) is 24.7 Å². The molecule has 2 heterocycles. The van der Waals surface area contributed by atoms with Gasteiger partial charge >= 0.3 is 0 Å². The zero-order chi connectivity index (χ0) is 10.8. The topological polar surface area (TPSA) is 28.5 Å². The second kappa shape index (κ2) is 4.03. The summed E-state index contributed by atoms with van der Waals surface area (Å²) in [6, 6.07) is 6.24. The summed E-state index contributed by atoms with van der Waals surface area (Å²) in [5.74, 6) is 0.428. The Kier molecular flexibility index (Phi) is 2.73. The van der Waals surface area contributed by atoms with Crippen LogP contribution in [0.5, 0.6) is 0 Å². The second-order valence-corrected chi connectivity index (χ2v) is 4.22. The molecule has 0 saturated heterocycles. The number of aliphatic hydroxyl groups is 1. The molecule has 1 N–H and O–H groups in total. The first kappa shape index (κ1) is 10.2. The van der Waals surface area contributed by atoms with Crippen molar-refractivity contribution in [1.29, 1.82) is 0 Å². The van der Waals surface area contributed by atoms with Crippen LogP contribution >= 0.6 is 0 Å². The van der Waals surface area contributed by atoms with Crippen LogP contribution in [-0.4, -0.2) is 16.1 Å². The molecule has 3 nitrogen and oxygen atoms in total. The van der Waals surface area contributed by atoms with Gasteiger partial charge in [0.1, 0.15) is 12.2 Å². The monoisotopic (exact) mass is 205 g/mol. The summed E-state index contributed by atoms with van der Waals surface area (Å²) in [5, 5.41) is 9.34. The fourth-order valence-electron chi connectivity index (χ4n) is 1.84. The number of aromatic nitrogens is 2. The Hall–Kier alpha value is -1.35. The largest absolute Gasteiger partial charge is 0.392 e. The highest BCUT2D eigenvalue weighted by molar-refractivity contribution is 5.41. The molecule has 2 rings (SSSR count). The Bertz CT molecular complexity index is 415. The van der Waals surface area contributed by atoms with Crippen molar-refractivity contribution in [2.45, 2.75) is 19.9 Å². The highest BCUT2D eigenvalue weighted by Crippen LogP contribution is 2.11. The number of nitrogens with zero attached hydrogens (tertiary/aromatic N) is 2. The minimum Gasteiger partial charge on any atom is -0.392 e. The van der Waals surface area contributed by atoms with Crippen molar-refractivity contribution in [3.05, 3.63) is 36.9 Å². The molecule has 0 aliphatic heterocycles. The standard InChI is InChI=1S/C12H17N2O/c1-10(2)12(8-15)14-7-11-5-3-4-6-13(11)9-14/h3-7,9-10,12,15H,8H2,1-2H3/q+1/t12-/m1/s1. The van der Waals surface area contributed by atoms with E-state index < -0.39 is 0 Å². The van der Waals surface area contributed by atoms with Crippen LogP contribution in [0.1, 0.15) is 19.9 Å². The molecule has 3 heteroatoms. The van der Waals surface area contributed by atoms with Gasteiger partial charge in [-0.25, -0.2) is 8.97 Å². The van der Waals surface area contributed by atoms with Crippen LogP contribution < -0.4 is 4.57 Å². The van der Waals surface area contributed by atoms with Crippen molar-refractivity contribution < 1.29 is 9.67 Å². The molecule has 2 aromatic heterocycles. The summed E-state index contributed by atoms with van der Waals surface area (Å²) in [4.78, 5) is 0. The molecule has 0 amide bonds. The van der Waals surface area contributed by atoms with E-state index in [0.29, 0.717) is 5.92 Å². The first-order valence-corrected chi connectivity index (χ1v) is 5.30. The molecule has 0 spiro atoms. The Morgan fingerprint density at radius 1 is 1.40 bits per heavy atom. The van der Waals surface area contributed by atoms with Gasteiger partial charge in [-0.15, -0.1) is 0 Å². The van der Waals surface area contributed by atoms with Gasteiger partial charge in [-0.05, 0) is 18.1 Å². The number of hydrogen-bond donors (Lipinski definition) is 1. The third-order valence-electron chi connectivity index (χ3n) is 2.80. The number of fused-ring (bicyclic) bond motifs is 1. The highest BCUT2D eigenvalue weighted by atomic mass is 16.3. The summed E-state index contributed by atoms with van der Waals surface area (Å²) in [5.41, 5.74) is 1.15. The molecule has 1 atom stereocenters. The molecule has 0 aliphatic carbocycles. The normalized spacial score (nSPS) is 13.6. The summed E-state index contributed by atoms with van der Waals surface area (Å²) in [7, 11) is 0. The second-order valence-electron chi connectivity index (χ2n) is 4.22. The lowest BCUT2D eigenvalue weighted by Crippen LogP contribution is -2.42. The van der Waals surface area contributed by atoms with Crippen molar-refractivity contribution in [2.75, 3.05) is 6.61 Å². The Morgan fingerprint density at radius 2 is 2.20 bits per heavy atom. The lowest BCUT2D eigenvalue weighted by atomic mass is 10.1. The average Bonchev–Trinajstić information content (AvgIpc) is 2.61. The van der Waals surface area contributed by atoms with Crippen molar-refractivity contribution in [2.24, 2.45) is 5.92 Å². The van der Waals surface area contributed by atoms with Gasteiger partial charge in [-0.3, -0.25) is 0 Å². The van der Waals surface area contributed by atoms with Crippen LogP contribution in [0.15, 0.2) is 36.9 Å². The van der Waals surface area contributed by atoms with Gasteiger partial charge in [-0.1, -0.05) is 19.9 Å². The highest BCUT2D eigenvalue weighted by Gasteiger charge is 2.20. The fourth-order valence-corrected chi connectivity index (χ4v) is 1.84. The molecular formula is C12H17N2O+. The van der Waals surface area contributed by atoms with Gasteiger partial charge in [0.05, 0.1) is 12.8 Å². The Balaban J connectivity index is 2.43. The predicted molar refractivity (Wildman–Crippen MR) is 58.6 cm³/mol. The summed E-state index contributed by atoms with van der Waals surface area (Å²) < 4.78 is 4.14. The Labute approximate surface area is 89.6 Å². The third-order valence-corrected chi connectivity index (χ3v) is 2.80. The molecule has 2 aromatic rings. The van der Waals surface area contributed by atoms with E-state index in [1.54, 1.807) is 0 Å². The third kappa shape index (κ3) is 1.88. The molecular weight excluding hydrogens is 188 g/mol. The predicted octanol–water partition coefficient (Wildman–Crippen LogP) is 1.42. The van der Waals surface area contributed by atoms with Crippen LogP contribution in [0.4, 0.5) is 0 Å². The number of rotatable bonds is 3. The van der Waals surface area contributed by atoms with E-state index in [2.05, 4.69) is 35.1 Å². The number of aliphatic hydroxyl groups excluding tert-OH is 1. The van der Waals surface area contributed by atoms with Gasteiger partial charge in [-0.2, -0.15) is 0 Å². The van der Waals surface area contributed by atoms with E-state index in [1.165, 1.54) is 0 Å². The summed E-state index contributed by atoms with van der Waals surface area (Å²) in [6.07, 6.45) is 6.11. The smallest absolute Gasteiger partial charge is 0.249 e. The summed E-state index contributed by atoms with van der Waals surface area (Å²) >= 11 is 0. The molecule has 0 unspecified atom stereocenters. The fraction of sp³-hybridized carbons (Fsp3) is 0.417. The van der Waals surface area contributed by atoms with Gasteiger partial charge in [0, 0.05) is 0 Å². The molecule has 0 aromatic carbocycles. The van der Waals surface area contributed by atoms with Crippen LogP contribution in [0.3, 0.4) is 0 Å². The van der Waals surface area contributed by atoms with Crippen LogP contribution in [0.25, 0.3) is 5.52 Å². The summed E-state index contributed by atoms with van der Waals surface area (Å²) in [6.45, 7) is 4.42. The van der Waals surface area contributed by atoms with Gasteiger partial charge in [0.2, 0.25) is 6.33 Å². The van der Waals surface area contributed by atoms with Crippen molar-refractivity contribution in [1.82, 2.24) is 4.40 Å². The van der Waals surface area contributed by atoms with Crippen LogP contribution in [-0.2, 0) is 0 Å². The van der Waals surface area contributed by atoms with Gasteiger partial charge in [0.25, 0.3) is 0 Å². The molecule has 80 valence electrons. The van der Waals surface area contributed by atoms with E-state index in [0.717, 1.165) is 5.52 Å². The molecule has 0 fully saturated rings. The lowest BCUT2D eigenvalue weighted by Gasteiger charge is -2.13. The van der Waals surface area contributed by atoms with E-state index >= 15 is 0 Å². The molecule has 15 heavy (non-hydrogen) atoms. The Morgan fingerprint density at radius 3 is 2.80 bits per heavy atom. The number of imidazole rings is 1. The van der Waals surface area contributed by atoms with Crippen LogP contribution in [0, 0.1) is 5.92 Å². The first-order chi connectivity index (χ1) is 7.22. The van der Waals surface area contributed by atoms with Crippen molar-refractivity contribution in [3.63, 3.8) is 0 Å². The SMILES string of the molecule is CC(C)[C@@H](CO)[n+]1cc2ccccn2c1. The first-order valence-electron chi connectivity index (χ1n) is 5.30.